The Labute approximate surface area is 146 Å². The van der Waals surface area contributed by atoms with Gasteiger partial charge in [0.2, 0.25) is 0 Å². The van der Waals surface area contributed by atoms with Crippen LogP contribution in [-0.2, 0) is 4.79 Å². The van der Waals surface area contributed by atoms with Crippen LogP contribution in [0.1, 0.15) is 0 Å². The molecule has 0 saturated heterocycles. The molecule has 0 spiro atoms. The molecule has 1 atom stereocenters. The minimum atomic E-state index is -0.381. The van der Waals surface area contributed by atoms with Crippen LogP contribution in [0.15, 0.2) is 46.9 Å². The van der Waals surface area contributed by atoms with E-state index in [2.05, 4.69) is 21.2 Å². The van der Waals surface area contributed by atoms with Crippen LogP contribution in [0.2, 0.25) is 0 Å². The summed E-state index contributed by atoms with van der Waals surface area (Å²) in [5.41, 5.74) is 0. The summed E-state index contributed by atoms with van der Waals surface area (Å²) in [6.07, 6.45) is -0.263. The van der Waals surface area contributed by atoms with Crippen molar-refractivity contribution in [2.75, 3.05) is 19.8 Å². The number of amides is 1. The molecule has 0 aromatic heterocycles. The summed E-state index contributed by atoms with van der Waals surface area (Å²) in [7, 11) is 0. The lowest BCUT2D eigenvalue weighted by Crippen LogP contribution is -2.42. The summed E-state index contributed by atoms with van der Waals surface area (Å²) in [5, 5.41) is 2.73. The third kappa shape index (κ3) is 4.17. The summed E-state index contributed by atoms with van der Waals surface area (Å²) in [6.45, 7) is 0.497. The fraction of sp³-hybridized carbons (Fsp3) is 0.235. The molecule has 2 aromatic rings. The van der Waals surface area contributed by atoms with Gasteiger partial charge in [0.1, 0.15) is 24.3 Å². The number of benzene rings is 2. The first kappa shape index (κ1) is 16.6. The molecule has 0 aliphatic carbocycles. The van der Waals surface area contributed by atoms with Crippen molar-refractivity contribution < 1.29 is 23.4 Å². The Morgan fingerprint density at radius 3 is 2.88 bits per heavy atom. The van der Waals surface area contributed by atoms with Crippen LogP contribution in [-0.4, -0.2) is 31.8 Å². The third-order valence-corrected chi connectivity index (χ3v) is 3.97. The van der Waals surface area contributed by atoms with Crippen LogP contribution in [0.25, 0.3) is 0 Å². The van der Waals surface area contributed by atoms with Gasteiger partial charge in [0.15, 0.2) is 18.1 Å². The quantitative estimate of drug-likeness (QED) is 0.845. The number of hydrogen-bond donors (Lipinski definition) is 1. The number of nitrogens with one attached hydrogen (secondary N) is 1. The molecule has 0 fully saturated rings. The van der Waals surface area contributed by atoms with Crippen molar-refractivity contribution in [1.82, 2.24) is 5.32 Å². The largest absolute Gasteiger partial charge is 0.486 e. The molecule has 1 amide bonds. The highest BCUT2D eigenvalue weighted by molar-refractivity contribution is 9.10. The normalized spacial score (nSPS) is 15.7. The Morgan fingerprint density at radius 2 is 2.08 bits per heavy atom. The van der Waals surface area contributed by atoms with E-state index in [-0.39, 0.29) is 24.4 Å². The van der Waals surface area contributed by atoms with Crippen LogP contribution < -0.4 is 19.5 Å². The molecule has 1 aliphatic rings. The topological polar surface area (TPSA) is 56.8 Å². The van der Waals surface area contributed by atoms with E-state index in [0.717, 1.165) is 0 Å². The first-order valence-electron chi connectivity index (χ1n) is 7.35. The Morgan fingerprint density at radius 1 is 1.29 bits per heavy atom. The zero-order valence-electron chi connectivity index (χ0n) is 12.6. The molecule has 2 aromatic carbocycles. The summed E-state index contributed by atoms with van der Waals surface area (Å²) in [5.74, 6) is 1.08. The maximum atomic E-state index is 13.0. The second-order valence-electron chi connectivity index (χ2n) is 5.17. The minimum absolute atomic E-state index is 0.172. The van der Waals surface area contributed by atoms with Gasteiger partial charge >= 0.3 is 0 Å². The van der Waals surface area contributed by atoms with E-state index in [1.807, 2.05) is 24.3 Å². The van der Waals surface area contributed by atoms with Gasteiger partial charge in [-0.3, -0.25) is 4.79 Å². The van der Waals surface area contributed by atoms with Gasteiger partial charge in [0, 0.05) is 0 Å². The highest BCUT2D eigenvalue weighted by atomic mass is 79.9. The molecule has 24 heavy (non-hydrogen) atoms. The van der Waals surface area contributed by atoms with Gasteiger partial charge in [-0.15, -0.1) is 0 Å². The maximum Gasteiger partial charge on any atom is 0.258 e. The van der Waals surface area contributed by atoms with E-state index < -0.39 is 0 Å². The highest BCUT2D eigenvalue weighted by Crippen LogP contribution is 2.30. The number of halogens is 2. The second-order valence-corrected chi connectivity index (χ2v) is 6.02. The summed E-state index contributed by atoms with van der Waals surface area (Å²) in [4.78, 5) is 11.9. The van der Waals surface area contributed by atoms with Gasteiger partial charge in [0.05, 0.1) is 11.0 Å². The van der Waals surface area contributed by atoms with E-state index in [9.17, 15) is 9.18 Å². The molecule has 0 radical (unpaired) electrons. The van der Waals surface area contributed by atoms with Gasteiger partial charge in [-0.25, -0.2) is 4.39 Å². The lowest BCUT2D eigenvalue weighted by molar-refractivity contribution is -0.123. The lowest BCUT2D eigenvalue weighted by atomic mass is 10.2. The van der Waals surface area contributed by atoms with Crippen molar-refractivity contribution in [2.45, 2.75) is 6.10 Å². The van der Waals surface area contributed by atoms with Crippen LogP contribution in [0.5, 0.6) is 17.2 Å². The smallest absolute Gasteiger partial charge is 0.258 e. The van der Waals surface area contributed by atoms with Crippen LogP contribution >= 0.6 is 15.9 Å². The monoisotopic (exact) mass is 395 g/mol. The van der Waals surface area contributed by atoms with E-state index in [1.165, 1.54) is 18.2 Å². The van der Waals surface area contributed by atoms with Gasteiger partial charge in [-0.05, 0) is 46.3 Å². The fourth-order valence-corrected chi connectivity index (χ4v) is 2.64. The van der Waals surface area contributed by atoms with Gasteiger partial charge in [-0.2, -0.15) is 0 Å². The molecule has 1 heterocycles. The Kier molecular flexibility index (Phi) is 5.20. The molecular formula is C17H15BrFNO4. The van der Waals surface area contributed by atoms with Crippen molar-refractivity contribution >= 4 is 21.8 Å². The van der Waals surface area contributed by atoms with Gasteiger partial charge in [-0.1, -0.05) is 12.1 Å². The molecule has 126 valence electrons. The number of para-hydroxylation sites is 2. The zero-order valence-corrected chi connectivity index (χ0v) is 14.2. The zero-order chi connectivity index (χ0) is 16.9. The summed E-state index contributed by atoms with van der Waals surface area (Å²) < 4.78 is 30.1. The van der Waals surface area contributed by atoms with Crippen molar-refractivity contribution in [2.24, 2.45) is 0 Å². The molecule has 1 N–H and O–H groups in total. The number of hydrogen-bond acceptors (Lipinski definition) is 4. The number of carbonyl (C=O) groups is 1. The Bertz CT molecular complexity index is 740. The Hall–Kier alpha value is -2.28. The number of fused-ring (bicyclic) bond motifs is 1. The molecule has 5 nitrogen and oxygen atoms in total. The Balaban J connectivity index is 1.45. The van der Waals surface area contributed by atoms with Crippen LogP contribution in [0.3, 0.4) is 0 Å². The van der Waals surface area contributed by atoms with Gasteiger partial charge < -0.3 is 19.5 Å². The van der Waals surface area contributed by atoms with Crippen molar-refractivity contribution in [3.8, 4) is 17.2 Å². The van der Waals surface area contributed by atoms with E-state index in [4.69, 9.17) is 14.2 Å². The summed E-state index contributed by atoms with van der Waals surface area (Å²) >= 11 is 3.18. The predicted octanol–water partition coefficient (Wildman–Crippen LogP) is 2.92. The molecular weight excluding hydrogens is 381 g/mol. The van der Waals surface area contributed by atoms with Crippen molar-refractivity contribution in [3.05, 3.63) is 52.8 Å². The number of ether oxygens (including phenoxy) is 3. The first-order chi connectivity index (χ1) is 11.6. The first-order valence-corrected chi connectivity index (χ1v) is 8.14. The standard InChI is InChI=1S/C17H15BrFNO4/c18-13-7-11(19)5-6-14(13)23-10-17(21)20-8-12-9-22-15-3-1-2-4-16(15)24-12/h1-7,12H,8-10H2,(H,20,21)/t12-/m1/s1. The van der Waals surface area contributed by atoms with E-state index in [1.54, 1.807) is 0 Å². The molecule has 1 aliphatic heterocycles. The second kappa shape index (κ2) is 7.53. The van der Waals surface area contributed by atoms with Crippen LogP contribution in [0, 0.1) is 5.82 Å². The SMILES string of the molecule is O=C(COc1ccc(F)cc1Br)NC[C@@H]1COc2ccccc2O1. The number of carbonyl (C=O) groups excluding carboxylic acids is 1. The average molecular weight is 396 g/mol. The van der Waals surface area contributed by atoms with Gasteiger partial charge in [0.25, 0.3) is 5.91 Å². The van der Waals surface area contributed by atoms with E-state index in [0.29, 0.717) is 34.9 Å². The number of rotatable bonds is 5. The van der Waals surface area contributed by atoms with E-state index >= 15 is 0 Å². The maximum absolute atomic E-state index is 13.0. The predicted molar refractivity (Wildman–Crippen MR) is 89.0 cm³/mol. The van der Waals surface area contributed by atoms with Crippen molar-refractivity contribution in [3.63, 3.8) is 0 Å². The fourth-order valence-electron chi connectivity index (χ4n) is 2.18. The molecule has 0 bridgehead atoms. The van der Waals surface area contributed by atoms with Crippen LogP contribution in [0.4, 0.5) is 4.39 Å². The molecule has 3 rings (SSSR count). The molecule has 7 heteroatoms. The average Bonchev–Trinajstić information content (AvgIpc) is 2.59. The van der Waals surface area contributed by atoms with Crippen molar-refractivity contribution in [1.29, 1.82) is 0 Å². The molecule has 0 unspecified atom stereocenters. The minimum Gasteiger partial charge on any atom is -0.486 e. The molecule has 0 saturated carbocycles. The lowest BCUT2D eigenvalue weighted by Gasteiger charge is -2.26. The third-order valence-electron chi connectivity index (χ3n) is 3.35. The summed E-state index contributed by atoms with van der Waals surface area (Å²) in [6, 6.07) is 11.4. The highest BCUT2D eigenvalue weighted by Gasteiger charge is 2.21.